The fourth-order valence-corrected chi connectivity index (χ4v) is 4.52. The fourth-order valence-electron chi connectivity index (χ4n) is 4.52. The maximum Gasteiger partial charge on any atom is 0.251 e. The van der Waals surface area contributed by atoms with Crippen LogP contribution in [0.3, 0.4) is 0 Å². The van der Waals surface area contributed by atoms with Crippen molar-refractivity contribution in [3.05, 3.63) is 64.7 Å². The quantitative estimate of drug-likeness (QED) is 0.885. The summed E-state index contributed by atoms with van der Waals surface area (Å²) in [4.78, 5) is 15.2. The van der Waals surface area contributed by atoms with Gasteiger partial charge >= 0.3 is 0 Å². The van der Waals surface area contributed by atoms with Gasteiger partial charge in [0.15, 0.2) is 0 Å². The summed E-state index contributed by atoms with van der Waals surface area (Å²) < 4.78 is 11.5. The van der Waals surface area contributed by atoms with Gasteiger partial charge in [-0.2, -0.15) is 0 Å². The number of ether oxygens (including phenoxy) is 2. The first-order valence-corrected chi connectivity index (χ1v) is 9.92. The highest BCUT2D eigenvalue weighted by Crippen LogP contribution is 2.30. The van der Waals surface area contributed by atoms with E-state index in [4.69, 9.17) is 9.47 Å². The molecule has 2 aliphatic heterocycles. The Kier molecular flexibility index (Phi) is 5.38. The van der Waals surface area contributed by atoms with Gasteiger partial charge in [-0.05, 0) is 49.1 Å². The van der Waals surface area contributed by atoms with Crippen LogP contribution in [0.25, 0.3) is 0 Å². The summed E-state index contributed by atoms with van der Waals surface area (Å²) in [5.74, 6) is 0.831. The Balaban J connectivity index is 1.39. The molecule has 0 unspecified atom stereocenters. The maximum atomic E-state index is 12.8. The zero-order valence-corrected chi connectivity index (χ0v) is 16.8. The second-order valence-corrected chi connectivity index (χ2v) is 7.89. The van der Waals surface area contributed by atoms with Gasteiger partial charge in [0, 0.05) is 30.7 Å². The van der Waals surface area contributed by atoms with Crippen LogP contribution in [0.2, 0.25) is 0 Å². The highest BCUT2D eigenvalue weighted by molar-refractivity contribution is 5.95. The zero-order chi connectivity index (χ0) is 19.7. The van der Waals surface area contributed by atoms with E-state index in [1.165, 1.54) is 5.56 Å². The summed E-state index contributed by atoms with van der Waals surface area (Å²) in [5.41, 5.74) is 3.88. The number of nitrogens with zero attached hydrogens (tertiary/aromatic N) is 1. The first kappa shape index (κ1) is 19.0. The number of amides is 1. The van der Waals surface area contributed by atoms with E-state index in [1.807, 2.05) is 32.0 Å². The molecule has 5 heteroatoms. The molecule has 1 amide bonds. The van der Waals surface area contributed by atoms with E-state index >= 15 is 0 Å². The van der Waals surface area contributed by atoms with E-state index in [0.29, 0.717) is 18.2 Å². The van der Waals surface area contributed by atoms with Gasteiger partial charge in [-0.15, -0.1) is 0 Å². The van der Waals surface area contributed by atoms with Crippen LogP contribution in [0.1, 0.15) is 39.6 Å². The molecule has 2 saturated heterocycles. The van der Waals surface area contributed by atoms with Gasteiger partial charge in [-0.1, -0.05) is 30.3 Å². The molecular formula is C23H28N2O3. The standard InChI is InChI=1S/C23H28N2O3/c1-15-9-18(10-16(2)22(15)27-3)23(26)24-19-11-20-14-28-21(13-25(20)12-19)17-7-5-4-6-8-17/h4-10,19-21H,11-14H2,1-3H3,(H,24,26)/t19-,20+,21-/m1/s1. The van der Waals surface area contributed by atoms with Crippen LogP contribution in [-0.2, 0) is 4.74 Å². The minimum absolute atomic E-state index is 0.0146. The molecule has 0 radical (unpaired) electrons. The van der Waals surface area contributed by atoms with Crippen molar-refractivity contribution in [3.63, 3.8) is 0 Å². The summed E-state index contributed by atoms with van der Waals surface area (Å²) >= 11 is 0. The Labute approximate surface area is 166 Å². The van der Waals surface area contributed by atoms with Crippen molar-refractivity contribution in [2.75, 3.05) is 26.8 Å². The Morgan fingerprint density at radius 1 is 1.14 bits per heavy atom. The third-order valence-electron chi connectivity index (χ3n) is 5.85. The molecule has 0 aromatic heterocycles. The summed E-state index contributed by atoms with van der Waals surface area (Å²) in [6.07, 6.45) is 1.04. The molecule has 0 aliphatic carbocycles. The predicted octanol–water partition coefficient (Wildman–Crippen LogP) is 3.26. The highest BCUT2D eigenvalue weighted by atomic mass is 16.5. The number of hydrogen-bond donors (Lipinski definition) is 1. The molecule has 148 valence electrons. The van der Waals surface area contributed by atoms with Crippen LogP contribution in [0.4, 0.5) is 0 Å². The SMILES string of the molecule is COc1c(C)cc(C(=O)N[C@@H]2C[C@H]3CO[C@@H](c4ccccc4)CN3C2)cc1C. The monoisotopic (exact) mass is 380 g/mol. The van der Waals surface area contributed by atoms with Gasteiger partial charge in [-0.3, -0.25) is 9.69 Å². The van der Waals surface area contributed by atoms with Crippen molar-refractivity contribution < 1.29 is 14.3 Å². The van der Waals surface area contributed by atoms with Crippen molar-refractivity contribution in [1.82, 2.24) is 10.2 Å². The molecule has 0 saturated carbocycles. The van der Waals surface area contributed by atoms with Crippen LogP contribution in [0.5, 0.6) is 5.75 Å². The second kappa shape index (κ2) is 7.94. The average Bonchev–Trinajstić information content (AvgIpc) is 3.09. The number of carbonyl (C=O) groups excluding carboxylic acids is 1. The van der Waals surface area contributed by atoms with Crippen LogP contribution < -0.4 is 10.1 Å². The molecule has 0 spiro atoms. The van der Waals surface area contributed by atoms with Gasteiger partial charge in [0.05, 0.1) is 19.8 Å². The Bertz CT molecular complexity index is 829. The Morgan fingerprint density at radius 3 is 2.54 bits per heavy atom. The molecule has 2 aromatic rings. The molecule has 3 atom stereocenters. The Morgan fingerprint density at radius 2 is 1.86 bits per heavy atom. The third kappa shape index (κ3) is 3.77. The number of hydrogen-bond acceptors (Lipinski definition) is 4. The highest BCUT2D eigenvalue weighted by Gasteiger charge is 2.38. The van der Waals surface area contributed by atoms with E-state index in [-0.39, 0.29) is 18.1 Å². The number of aryl methyl sites for hydroxylation is 2. The van der Waals surface area contributed by atoms with Crippen molar-refractivity contribution >= 4 is 5.91 Å². The first-order valence-electron chi connectivity index (χ1n) is 9.92. The van der Waals surface area contributed by atoms with Gasteiger partial charge in [-0.25, -0.2) is 0 Å². The topological polar surface area (TPSA) is 50.8 Å². The largest absolute Gasteiger partial charge is 0.496 e. The van der Waals surface area contributed by atoms with E-state index < -0.39 is 0 Å². The maximum absolute atomic E-state index is 12.8. The normalized spacial score (nSPS) is 24.6. The lowest BCUT2D eigenvalue weighted by Gasteiger charge is -2.35. The van der Waals surface area contributed by atoms with Crippen molar-refractivity contribution in [2.45, 2.75) is 38.5 Å². The number of fused-ring (bicyclic) bond motifs is 1. The fraction of sp³-hybridized carbons (Fsp3) is 0.435. The molecule has 1 N–H and O–H groups in total. The third-order valence-corrected chi connectivity index (χ3v) is 5.85. The molecule has 2 heterocycles. The van der Waals surface area contributed by atoms with Crippen LogP contribution in [0.15, 0.2) is 42.5 Å². The average molecular weight is 380 g/mol. The number of nitrogens with one attached hydrogen (secondary N) is 1. The minimum atomic E-state index is -0.0146. The minimum Gasteiger partial charge on any atom is -0.496 e. The molecule has 2 aromatic carbocycles. The van der Waals surface area contributed by atoms with Crippen molar-refractivity contribution in [3.8, 4) is 5.75 Å². The second-order valence-electron chi connectivity index (χ2n) is 7.89. The van der Waals surface area contributed by atoms with Crippen LogP contribution in [0, 0.1) is 13.8 Å². The van der Waals surface area contributed by atoms with E-state index in [0.717, 1.165) is 36.4 Å². The first-order chi connectivity index (χ1) is 13.5. The zero-order valence-electron chi connectivity index (χ0n) is 16.8. The molecule has 5 nitrogen and oxygen atoms in total. The molecular weight excluding hydrogens is 352 g/mol. The van der Waals surface area contributed by atoms with Crippen molar-refractivity contribution in [1.29, 1.82) is 0 Å². The van der Waals surface area contributed by atoms with Gasteiger partial charge < -0.3 is 14.8 Å². The van der Waals surface area contributed by atoms with Crippen molar-refractivity contribution in [2.24, 2.45) is 0 Å². The number of rotatable bonds is 4. The van der Waals surface area contributed by atoms with E-state index in [1.54, 1.807) is 7.11 Å². The predicted molar refractivity (Wildman–Crippen MR) is 109 cm³/mol. The molecule has 4 rings (SSSR count). The van der Waals surface area contributed by atoms with Gasteiger partial charge in [0.2, 0.25) is 0 Å². The Hall–Kier alpha value is -2.37. The number of methoxy groups -OCH3 is 1. The molecule has 28 heavy (non-hydrogen) atoms. The summed E-state index contributed by atoms with van der Waals surface area (Å²) in [6.45, 7) is 6.41. The lowest BCUT2D eigenvalue weighted by Crippen LogP contribution is -2.43. The number of benzene rings is 2. The summed E-state index contributed by atoms with van der Waals surface area (Å²) in [6, 6.07) is 14.7. The summed E-state index contributed by atoms with van der Waals surface area (Å²) in [5, 5.41) is 3.22. The smallest absolute Gasteiger partial charge is 0.251 e. The molecule has 0 bridgehead atoms. The molecule has 2 fully saturated rings. The van der Waals surface area contributed by atoms with Crippen LogP contribution in [-0.4, -0.2) is 49.7 Å². The summed E-state index contributed by atoms with van der Waals surface area (Å²) in [7, 11) is 1.66. The van der Waals surface area contributed by atoms with Gasteiger partial charge in [0.25, 0.3) is 5.91 Å². The number of morpholine rings is 1. The lowest BCUT2D eigenvalue weighted by molar-refractivity contribution is -0.0502. The van der Waals surface area contributed by atoms with Crippen LogP contribution >= 0.6 is 0 Å². The van der Waals surface area contributed by atoms with E-state index in [9.17, 15) is 4.79 Å². The van der Waals surface area contributed by atoms with E-state index in [2.05, 4.69) is 34.5 Å². The molecule has 2 aliphatic rings. The van der Waals surface area contributed by atoms with Gasteiger partial charge in [0.1, 0.15) is 5.75 Å². The lowest BCUT2D eigenvalue weighted by atomic mass is 10.0. The number of carbonyl (C=O) groups is 1.